The first-order valence-corrected chi connectivity index (χ1v) is 8.14. The second kappa shape index (κ2) is 6.74. The highest BCUT2D eigenvalue weighted by atomic mass is 16.1. The van der Waals surface area contributed by atoms with Gasteiger partial charge in [0, 0.05) is 18.0 Å². The highest BCUT2D eigenvalue weighted by Gasteiger charge is 2.32. The van der Waals surface area contributed by atoms with Crippen molar-refractivity contribution in [2.75, 3.05) is 0 Å². The summed E-state index contributed by atoms with van der Waals surface area (Å²) in [7, 11) is 0. The number of nitrogens with two attached hydrogens (primary N) is 1. The minimum atomic E-state index is 0.186. The molecule has 2 rings (SSSR count). The maximum Gasteiger partial charge on any atom is 0.223 e. The second-order valence-corrected chi connectivity index (χ2v) is 6.85. The molecule has 0 saturated heterocycles. The van der Waals surface area contributed by atoms with E-state index in [4.69, 9.17) is 5.73 Å². The molecule has 4 unspecified atom stereocenters. The standard InChI is InChI=1S/C16H30N2O/c1-11-10-14(17)8-9-15(11)16(19)18-12(2)13-6-4-3-5-7-13/h11-15H,3-10,17H2,1-2H3,(H,18,19). The van der Waals surface area contributed by atoms with Crippen LogP contribution in [0.5, 0.6) is 0 Å². The number of amides is 1. The molecule has 110 valence electrons. The number of carbonyl (C=O) groups excluding carboxylic acids is 1. The molecule has 0 aromatic carbocycles. The highest BCUT2D eigenvalue weighted by Crippen LogP contribution is 2.30. The van der Waals surface area contributed by atoms with Gasteiger partial charge in [0.1, 0.15) is 0 Å². The lowest BCUT2D eigenvalue weighted by atomic mass is 9.77. The Labute approximate surface area is 117 Å². The van der Waals surface area contributed by atoms with Crippen LogP contribution in [0.4, 0.5) is 0 Å². The molecule has 0 heterocycles. The number of hydrogen-bond donors (Lipinski definition) is 2. The van der Waals surface area contributed by atoms with Crippen LogP contribution in [-0.2, 0) is 4.79 Å². The quantitative estimate of drug-likeness (QED) is 0.825. The molecule has 0 spiro atoms. The monoisotopic (exact) mass is 266 g/mol. The molecule has 0 aromatic heterocycles. The van der Waals surface area contributed by atoms with E-state index in [-0.39, 0.29) is 11.8 Å². The van der Waals surface area contributed by atoms with Gasteiger partial charge < -0.3 is 11.1 Å². The van der Waals surface area contributed by atoms with Crippen molar-refractivity contribution in [1.29, 1.82) is 0 Å². The van der Waals surface area contributed by atoms with E-state index in [0.29, 0.717) is 23.9 Å². The van der Waals surface area contributed by atoms with E-state index in [1.807, 2.05) is 0 Å². The molecular formula is C16H30N2O. The van der Waals surface area contributed by atoms with Gasteiger partial charge >= 0.3 is 0 Å². The Hall–Kier alpha value is -0.570. The van der Waals surface area contributed by atoms with E-state index in [1.165, 1.54) is 32.1 Å². The van der Waals surface area contributed by atoms with E-state index in [1.54, 1.807) is 0 Å². The lowest BCUT2D eigenvalue weighted by Crippen LogP contribution is -2.46. The smallest absolute Gasteiger partial charge is 0.223 e. The molecule has 0 aromatic rings. The Balaban J connectivity index is 1.82. The maximum absolute atomic E-state index is 12.4. The van der Waals surface area contributed by atoms with Gasteiger partial charge in [-0.15, -0.1) is 0 Å². The van der Waals surface area contributed by atoms with Gasteiger partial charge in [-0.3, -0.25) is 4.79 Å². The Morgan fingerprint density at radius 1 is 1.16 bits per heavy atom. The molecule has 2 aliphatic carbocycles. The first kappa shape index (κ1) is 14.8. The molecule has 19 heavy (non-hydrogen) atoms. The number of nitrogens with one attached hydrogen (secondary N) is 1. The van der Waals surface area contributed by atoms with Crippen molar-refractivity contribution in [3.63, 3.8) is 0 Å². The van der Waals surface area contributed by atoms with E-state index < -0.39 is 0 Å². The average Bonchev–Trinajstić information content (AvgIpc) is 2.39. The Kier molecular flexibility index (Phi) is 5.26. The molecule has 1 amide bonds. The normalized spacial score (nSPS) is 34.8. The molecule has 2 aliphatic rings. The fraction of sp³-hybridized carbons (Fsp3) is 0.938. The topological polar surface area (TPSA) is 55.1 Å². The van der Waals surface area contributed by atoms with Crippen LogP contribution < -0.4 is 11.1 Å². The van der Waals surface area contributed by atoms with E-state index >= 15 is 0 Å². The van der Waals surface area contributed by atoms with Crippen LogP contribution in [0.1, 0.15) is 65.2 Å². The largest absolute Gasteiger partial charge is 0.353 e. The third kappa shape index (κ3) is 3.95. The van der Waals surface area contributed by atoms with E-state index in [9.17, 15) is 4.79 Å². The van der Waals surface area contributed by atoms with Gasteiger partial charge in [0.15, 0.2) is 0 Å². The Morgan fingerprint density at radius 2 is 1.84 bits per heavy atom. The van der Waals surface area contributed by atoms with E-state index in [0.717, 1.165) is 19.3 Å². The zero-order chi connectivity index (χ0) is 13.8. The molecule has 3 N–H and O–H groups in total. The van der Waals surface area contributed by atoms with Crippen LogP contribution in [-0.4, -0.2) is 18.0 Å². The van der Waals surface area contributed by atoms with Crippen molar-refractivity contribution >= 4 is 5.91 Å². The van der Waals surface area contributed by atoms with Crippen LogP contribution in [0.3, 0.4) is 0 Å². The van der Waals surface area contributed by atoms with Gasteiger partial charge in [-0.25, -0.2) is 0 Å². The van der Waals surface area contributed by atoms with Gasteiger partial charge in [0.25, 0.3) is 0 Å². The summed E-state index contributed by atoms with van der Waals surface area (Å²) in [6.07, 6.45) is 9.56. The van der Waals surface area contributed by atoms with Crippen LogP contribution in [0.15, 0.2) is 0 Å². The van der Waals surface area contributed by atoms with Crippen LogP contribution in [0.25, 0.3) is 0 Å². The van der Waals surface area contributed by atoms with Crippen molar-refractivity contribution in [3.05, 3.63) is 0 Å². The summed E-state index contributed by atoms with van der Waals surface area (Å²) in [6.45, 7) is 4.36. The summed E-state index contributed by atoms with van der Waals surface area (Å²) in [4.78, 5) is 12.4. The van der Waals surface area contributed by atoms with Crippen molar-refractivity contribution < 1.29 is 4.79 Å². The first-order valence-electron chi connectivity index (χ1n) is 8.14. The van der Waals surface area contributed by atoms with Crippen LogP contribution >= 0.6 is 0 Å². The van der Waals surface area contributed by atoms with Crippen molar-refractivity contribution in [3.8, 4) is 0 Å². The third-order valence-electron chi connectivity index (χ3n) is 5.27. The minimum Gasteiger partial charge on any atom is -0.353 e. The predicted octanol–water partition coefficient (Wildman–Crippen LogP) is 2.83. The minimum absolute atomic E-state index is 0.186. The van der Waals surface area contributed by atoms with Crippen LogP contribution in [0.2, 0.25) is 0 Å². The maximum atomic E-state index is 12.4. The SMILES string of the molecule is CC1CC(N)CCC1C(=O)NC(C)C1CCCCC1. The summed E-state index contributed by atoms with van der Waals surface area (Å²) in [5.41, 5.74) is 5.97. The first-order chi connectivity index (χ1) is 9.08. The highest BCUT2D eigenvalue weighted by molar-refractivity contribution is 5.79. The summed E-state index contributed by atoms with van der Waals surface area (Å²) in [6, 6.07) is 0.644. The number of carbonyl (C=O) groups is 1. The molecule has 0 radical (unpaired) electrons. The second-order valence-electron chi connectivity index (χ2n) is 6.85. The van der Waals surface area contributed by atoms with Gasteiger partial charge in [-0.05, 0) is 50.9 Å². The third-order valence-corrected chi connectivity index (χ3v) is 5.27. The molecule has 3 nitrogen and oxygen atoms in total. The lowest BCUT2D eigenvalue weighted by molar-refractivity contribution is -0.128. The molecular weight excluding hydrogens is 236 g/mol. The fourth-order valence-corrected chi connectivity index (χ4v) is 3.91. The predicted molar refractivity (Wildman–Crippen MR) is 78.7 cm³/mol. The molecule has 2 saturated carbocycles. The molecule has 4 atom stereocenters. The molecule has 2 fully saturated rings. The van der Waals surface area contributed by atoms with Gasteiger partial charge in [0.05, 0.1) is 0 Å². The summed E-state index contributed by atoms with van der Waals surface area (Å²) in [5, 5.41) is 3.28. The zero-order valence-electron chi connectivity index (χ0n) is 12.5. The fourth-order valence-electron chi connectivity index (χ4n) is 3.91. The zero-order valence-corrected chi connectivity index (χ0v) is 12.5. The molecule has 0 aliphatic heterocycles. The van der Waals surface area contributed by atoms with Gasteiger partial charge in [-0.1, -0.05) is 26.2 Å². The van der Waals surface area contributed by atoms with E-state index in [2.05, 4.69) is 19.2 Å². The van der Waals surface area contributed by atoms with Gasteiger partial charge in [0.2, 0.25) is 5.91 Å². The molecule has 0 bridgehead atoms. The Morgan fingerprint density at radius 3 is 2.47 bits per heavy atom. The van der Waals surface area contributed by atoms with Crippen molar-refractivity contribution in [2.45, 2.75) is 77.3 Å². The Bertz CT molecular complexity index is 299. The van der Waals surface area contributed by atoms with Crippen molar-refractivity contribution in [2.24, 2.45) is 23.5 Å². The van der Waals surface area contributed by atoms with Crippen molar-refractivity contribution in [1.82, 2.24) is 5.32 Å². The lowest BCUT2D eigenvalue weighted by Gasteiger charge is -2.34. The van der Waals surface area contributed by atoms with Gasteiger partial charge in [-0.2, -0.15) is 0 Å². The molecule has 3 heteroatoms. The van der Waals surface area contributed by atoms with Crippen LogP contribution in [0, 0.1) is 17.8 Å². The number of hydrogen-bond acceptors (Lipinski definition) is 2. The average molecular weight is 266 g/mol. The summed E-state index contributed by atoms with van der Waals surface area (Å²) >= 11 is 0. The summed E-state index contributed by atoms with van der Waals surface area (Å²) in [5.74, 6) is 1.59. The number of rotatable bonds is 3. The summed E-state index contributed by atoms with van der Waals surface area (Å²) < 4.78 is 0.